The molecule has 0 N–H and O–H groups in total. The third-order valence-corrected chi connectivity index (χ3v) is 8.67. The van der Waals surface area contributed by atoms with Gasteiger partial charge in [-0.3, -0.25) is 0 Å². The average Bonchev–Trinajstić information content (AvgIpc) is 3.07. The Balaban J connectivity index is 1.37. The van der Waals surface area contributed by atoms with Gasteiger partial charge in [-0.05, 0) is 23.3 Å². The highest BCUT2D eigenvalue weighted by atomic mass is 32.2. The molecule has 222 valence electrons. The number of methoxy groups -OCH3 is 1. The van der Waals surface area contributed by atoms with Crippen LogP contribution in [0.1, 0.15) is 16.7 Å². The van der Waals surface area contributed by atoms with Crippen LogP contribution in [-0.4, -0.2) is 49.5 Å². The Hall–Kier alpha value is -3.50. The van der Waals surface area contributed by atoms with Crippen molar-refractivity contribution >= 4 is 17.7 Å². The molecule has 0 saturated carbocycles. The molecule has 2 fully saturated rings. The Morgan fingerprint density at radius 1 is 0.767 bits per heavy atom. The second-order valence-corrected chi connectivity index (χ2v) is 11.5. The lowest BCUT2D eigenvalue weighted by atomic mass is 9.95. The maximum absolute atomic E-state index is 13.4. The van der Waals surface area contributed by atoms with E-state index in [0.717, 1.165) is 16.0 Å². The van der Waals surface area contributed by atoms with Crippen LogP contribution >= 0.6 is 11.8 Å². The monoisotopic (exact) mass is 598 g/mol. The SMILES string of the molecule is COC(=O)[C@@]1(c2ccccc2)OC[C@H]2O[C@H](Sc3ccccc3)[C@@H](OCc3ccccc3)[C@@H](OCc3ccccc3)[C@@H]2O1. The number of ether oxygens (including phenoxy) is 6. The van der Waals surface area contributed by atoms with Crippen molar-refractivity contribution in [2.45, 2.75) is 53.7 Å². The van der Waals surface area contributed by atoms with Crippen molar-refractivity contribution in [3.05, 3.63) is 138 Å². The molecule has 0 unspecified atom stereocenters. The van der Waals surface area contributed by atoms with Gasteiger partial charge in [-0.1, -0.05) is 121 Å². The molecule has 4 aromatic rings. The number of fused-ring (bicyclic) bond motifs is 1. The standard InChI is InChI=1S/C35H34O7S/c1-37-34(36)35(27-18-10-4-11-19-27)40-24-29-30(42-35)31(38-22-25-14-6-2-7-15-25)32(39-23-26-16-8-3-9-17-26)33(41-29)43-28-20-12-5-13-21-28/h2-21,29-33H,22-24H2,1H3/t29-,30-,31+,32+,33-,35+/m1/s1. The van der Waals surface area contributed by atoms with Gasteiger partial charge in [0.05, 0.1) is 26.9 Å². The zero-order chi connectivity index (χ0) is 29.5. The first-order valence-corrected chi connectivity index (χ1v) is 15.2. The molecule has 0 spiro atoms. The molecule has 7 nitrogen and oxygen atoms in total. The van der Waals surface area contributed by atoms with Gasteiger partial charge in [0, 0.05) is 10.5 Å². The van der Waals surface area contributed by atoms with E-state index in [4.69, 9.17) is 28.4 Å². The predicted octanol–water partition coefficient (Wildman–Crippen LogP) is 6.12. The molecule has 2 heterocycles. The summed E-state index contributed by atoms with van der Waals surface area (Å²) in [6.07, 6.45) is -2.40. The highest BCUT2D eigenvalue weighted by Gasteiger charge is 2.58. The van der Waals surface area contributed by atoms with Crippen molar-refractivity contribution in [1.29, 1.82) is 0 Å². The second kappa shape index (κ2) is 13.9. The van der Waals surface area contributed by atoms with Gasteiger partial charge in [0.15, 0.2) is 0 Å². The fraction of sp³-hybridized carbons (Fsp3) is 0.286. The molecular formula is C35H34O7S. The zero-order valence-electron chi connectivity index (χ0n) is 23.8. The van der Waals surface area contributed by atoms with E-state index in [1.807, 2.05) is 109 Å². The Bertz CT molecular complexity index is 1440. The first kappa shape index (κ1) is 29.6. The Morgan fingerprint density at radius 3 is 1.88 bits per heavy atom. The molecule has 0 amide bonds. The van der Waals surface area contributed by atoms with Crippen LogP contribution in [0.3, 0.4) is 0 Å². The van der Waals surface area contributed by atoms with E-state index < -0.39 is 41.6 Å². The summed E-state index contributed by atoms with van der Waals surface area (Å²) in [7, 11) is 1.32. The summed E-state index contributed by atoms with van der Waals surface area (Å²) in [5.41, 5.74) is 2.12. The van der Waals surface area contributed by atoms with Crippen LogP contribution in [0.2, 0.25) is 0 Å². The number of carbonyl (C=O) groups is 1. The van der Waals surface area contributed by atoms with Crippen molar-refractivity contribution in [1.82, 2.24) is 0 Å². The van der Waals surface area contributed by atoms with Crippen LogP contribution < -0.4 is 0 Å². The van der Waals surface area contributed by atoms with Crippen LogP contribution in [-0.2, 0) is 52.2 Å². The fourth-order valence-corrected chi connectivity index (χ4v) is 6.52. The topological polar surface area (TPSA) is 72.5 Å². The molecule has 2 saturated heterocycles. The third-order valence-electron chi connectivity index (χ3n) is 7.52. The second-order valence-electron chi connectivity index (χ2n) is 10.4. The summed E-state index contributed by atoms with van der Waals surface area (Å²) in [6, 6.07) is 39.1. The van der Waals surface area contributed by atoms with Crippen molar-refractivity contribution < 1.29 is 33.2 Å². The molecule has 0 aromatic heterocycles. The number of thioether (sulfide) groups is 1. The highest BCUT2D eigenvalue weighted by molar-refractivity contribution is 7.99. The largest absolute Gasteiger partial charge is 0.465 e. The summed E-state index contributed by atoms with van der Waals surface area (Å²) in [5.74, 6) is -2.43. The van der Waals surface area contributed by atoms with Crippen molar-refractivity contribution in [2.24, 2.45) is 0 Å². The molecule has 8 heteroatoms. The molecular weight excluding hydrogens is 564 g/mol. The first-order chi connectivity index (χ1) is 21.2. The Morgan fingerprint density at radius 2 is 1.30 bits per heavy atom. The summed E-state index contributed by atoms with van der Waals surface area (Å²) in [4.78, 5) is 14.4. The minimum atomic E-state index is -1.78. The van der Waals surface area contributed by atoms with E-state index in [-0.39, 0.29) is 6.61 Å². The Labute approximate surface area is 256 Å². The van der Waals surface area contributed by atoms with Crippen molar-refractivity contribution in [2.75, 3.05) is 13.7 Å². The van der Waals surface area contributed by atoms with Gasteiger partial charge in [-0.15, -0.1) is 0 Å². The summed E-state index contributed by atoms with van der Waals surface area (Å²) < 4.78 is 38.1. The maximum Gasteiger partial charge on any atom is 0.371 e. The molecule has 2 aliphatic rings. The molecule has 0 radical (unpaired) electrons. The Kier molecular flexibility index (Phi) is 9.53. The fourth-order valence-electron chi connectivity index (χ4n) is 5.38. The number of hydrogen-bond acceptors (Lipinski definition) is 8. The van der Waals surface area contributed by atoms with E-state index in [1.54, 1.807) is 23.9 Å². The third kappa shape index (κ3) is 6.70. The molecule has 6 rings (SSSR count). The van der Waals surface area contributed by atoms with Crippen molar-refractivity contribution in [3.63, 3.8) is 0 Å². The van der Waals surface area contributed by atoms with Crippen LogP contribution in [0.5, 0.6) is 0 Å². The first-order valence-electron chi connectivity index (χ1n) is 14.3. The van der Waals surface area contributed by atoms with Crippen LogP contribution in [0.15, 0.2) is 126 Å². The lowest BCUT2D eigenvalue weighted by Crippen LogP contribution is -2.66. The van der Waals surface area contributed by atoms with Gasteiger partial charge in [0.1, 0.15) is 29.9 Å². The van der Waals surface area contributed by atoms with E-state index >= 15 is 0 Å². The number of benzene rings is 4. The van der Waals surface area contributed by atoms with Gasteiger partial charge in [0.25, 0.3) is 5.79 Å². The molecule has 0 aliphatic carbocycles. The number of rotatable bonds is 10. The summed E-state index contributed by atoms with van der Waals surface area (Å²) in [6.45, 7) is 0.765. The number of esters is 1. The average molecular weight is 599 g/mol. The van der Waals surface area contributed by atoms with Gasteiger partial charge in [-0.2, -0.15) is 0 Å². The lowest BCUT2D eigenvalue weighted by Gasteiger charge is -2.51. The quantitative estimate of drug-likeness (QED) is 0.202. The number of carbonyl (C=O) groups excluding carboxylic acids is 1. The predicted molar refractivity (Wildman–Crippen MR) is 162 cm³/mol. The molecule has 43 heavy (non-hydrogen) atoms. The van der Waals surface area contributed by atoms with Crippen LogP contribution in [0, 0.1) is 0 Å². The lowest BCUT2D eigenvalue weighted by molar-refractivity contribution is -0.366. The van der Waals surface area contributed by atoms with Gasteiger partial charge in [0.2, 0.25) is 0 Å². The molecule has 2 aliphatic heterocycles. The van der Waals surface area contributed by atoms with E-state index in [2.05, 4.69) is 0 Å². The molecule has 6 atom stereocenters. The minimum Gasteiger partial charge on any atom is -0.465 e. The minimum absolute atomic E-state index is 0.0944. The smallest absolute Gasteiger partial charge is 0.371 e. The van der Waals surface area contributed by atoms with Crippen LogP contribution in [0.25, 0.3) is 0 Å². The van der Waals surface area contributed by atoms with Gasteiger partial charge < -0.3 is 28.4 Å². The van der Waals surface area contributed by atoms with Crippen molar-refractivity contribution in [3.8, 4) is 0 Å². The maximum atomic E-state index is 13.4. The van der Waals surface area contributed by atoms with Crippen LogP contribution in [0.4, 0.5) is 0 Å². The van der Waals surface area contributed by atoms with Gasteiger partial charge in [-0.25, -0.2) is 4.79 Å². The molecule has 4 aromatic carbocycles. The zero-order valence-corrected chi connectivity index (χ0v) is 24.6. The number of hydrogen-bond donors (Lipinski definition) is 0. The summed E-state index contributed by atoms with van der Waals surface area (Å²) >= 11 is 1.57. The van der Waals surface area contributed by atoms with E-state index in [0.29, 0.717) is 18.8 Å². The normalized spacial score (nSPS) is 26.8. The van der Waals surface area contributed by atoms with Gasteiger partial charge >= 0.3 is 5.97 Å². The van der Waals surface area contributed by atoms with E-state index in [1.165, 1.54) is 7.11 Å². The molecule has 0 bridgehead atoms. The van der Waals surface area contributed by atoms with E-state index in [9.17, 15) is 4.79 Å². The highest BCUT2D eigenvalue weighted by Crippen LogP contribution is 2.44. The summed E-state index contributed by atoms with van der Waals surface area (Å²) in [5, 5.41) is 0.